The van der Waals surface area contributed by atoms with Crippen LogP contribution < -0.4 is 0 Å². The largest absolute Gasteiger partial charge is 0.466 e. The summed E-state index contributed by atoms with van der Waals surface area (Å²) >= 11 is 11.8. The van der Waals surface area contributed by atoms with Gasteiger partial charge in [0, 0.05) is 11.6 Å². The highest BCUT2D eigenvalue weighted by molar-refractivity contribution is 7.80. The molecule has 2 rings (SSSR count). The standard InChI is InChI=1S/C19H24ClNO4S/c1-12(18(22)24-4)16(25-19(2,3)23)17(26)21-10-6-9-15(21)13-7-5-8-14(20)11-13/h5,7-8,11,15-16,23H,1,6,9-10H2,2-4H3/t15?,16-/m1/s1. The maximum Gasteiger partial charge on any atom is 0.336 e. The van der Waals surface area contributed by atoms with E-state index in [1.807, 2.05) is 29.2 Å². The Morgan fingerprint density at radius 2 is 2.19 bits per heavy atom. The Kier molecular flexibility index (Phi) is 6.80. The molecule has 1 unspecified atom stereocenters. The van der Waals surface area contributed by atoms with Crippen LogP contribution in [-0.4, -0.2) is 46.5 Å². The third-order valence-electron chi connectivity index (χ3n) is 4.16. The van der Waals surface area contributed by atoms with E-state index in [2.05, 4.69) is 6.58 Å². The lowest BCUT2D eigenvalue weighted by molar-refractivity contribution is -0.185. The van der Waals surface area contributed by atoms with Gasteiger partial charge in [0.05, 0.1) is 18.7 Å². The number of rotatable bonds is 6. The average molecular weight is 398 g/mol. The van der Waals surface area contributed by atoms with Crippen molar-refractivity contribution in [1.82, 2.24) is 4.90 Å². The van der Waals surface area contributed by atoms with E-state index in [0.29, 0.717) is 10.0 Å². The van der Waals surface area contributed by atoms with Crippen LogP contribution in [0.5, 0.6) is 0 Å². The van der Waals surface area contributed by atoms with Crippen molar-refractivity contribution >= 4 is 34.8 Å². The number of hydrogen-bond donors (Lipinski definition) is 1. The Labute approximate surface area is 164 Å². The minimum Gasteiger partial charge on any atom is -0.466 e. The van der Waals surface area contributed by atoms with Crippen molar-refractivity contribution in [3.8, 4) is 0 Å². The first kappa shape index (κ1) is 20.8. The van der Waals surface area contributed by atoms with Crippen molar-refractivity contribution in [3.63, 3.8) is 0 Å². The second-order valence-corrected chi connectivity index (χ2v) is 7.56. The van der Waals surface area contributed by atoms with Gasteiger partial charge in [0.2, 0.25) is 0 Å². The molecule has 1 aromatic carbocycles. The number of ether oxygens (including phenoxy) is 2. The smallest absolute Gasteiger partial charge is 0.336 e. The maximum absolute atomic E-state index is 12.0. The summed E-state index contributed by atoms with van der Waals surface area (Å²) in [6.45, 7) is 7.44. The molecule has 1 aromatic rings. The quantitative estimate of drug-likeness (QED) is 0.342. The number of benzene rings is 1. The minimum absolute atomic E-state index is 0.0274. The molecule has 0 aliphatic carbocycles. The molecule has 1 heterocycles. The number of hydrogen-bond acceptors (Lipinski definition) is 5. The molecular weight excluding hydrogens is 374 g/mol. The molecule has 0 spiro atoms. The Bertz CT molecular complexity index is 701. The second kappa shape index (κ2) is 8.48. The lowest BCUT2D eigenvalue weighted by Crippen LogP contribution is -2.45. The fourth-order valence-corrected chi connectivity index (χ4v) is 3.65. The highest BCUT2D eigenvalue weighted by Crippen LogP contribution is 2.35. The summed E-state index contributed by atoms with van der Waals surface area (Å²) in [6.07, 6.45) is 0.884. The molecule has 5 nitrogen and oxygen atoms in total. The van der Waals surface area contributed by atoms with Crippen LogP contribution in [0, 0.1) is 0 Å². The molecule has 142 valence electrons. The molecule has 1 fully saturated rings. The zero-order chi connectivity index (χ0) is 19.5. The molecular formula is C19H24ClNO4S. The first-order valence-corrected chi connectivity index (χ1v) is 9.16. The zero-order valence-corrected chi connectivity index (χ0v) is 16.8. The van der Waals surface area contributed by atoms with Gasteiger partial charge in [-0.25, -0.2) is 4.79 Å². The third kappa shape index (κ3) is 5.04. The monoisotopic (exact) mass is 397 g/mol. The molecule has 1 N–H and O–H groups in total. The Hall–Kier alpha value is -1.47. The van der Waals surface area contributed by atoms with Gasteiger partial charge < -0.3 is 19.5 Å². The predicted octanol–water partition coefficient (Wildman–Crippen LogP) is 3.65. The van der Waals surface area contributed by atoms with Gasteiger partial charge in [-0.05, 0) is 44.4 Å². The van der Waals surface area contributed by atoms with Gasteiger partial charge in [-0.1, -0.05) is 42.5 Å². The van der Waals surface area contributed by atoms with Crippen LogP contribution >= 0.6 is 23.8 Å². The third-order valence-corrected chi connectivity index (χ3v) is 4.85. The van der Waals surface area contributed by atoms with Gasteiger partial charge in [-0.15, -0.1) is 0 Å². The number of thiocarbonyl (C=S) groups is 1. The second-order valence-electron chi connectivity index (χ2n) is 6.71. The van der Waals surface area contributed by atoms with Gasteiger partial charge in [-0.3, -0.25) is 0 Å². The average Bonchev–Trinajstić information content (AvgIpc) is 3.06. The van der Waals surface area contributed by atoms with Crippen molar-refractivity contribution in [3.05, 3.63) is 47.0 Å². The topological polar surface area (TPSA) is 59.0 Å². The van der Waals surface area contributed by atoms with Crippen LogP contribution in [0.2, 0.25) is 5.02 Å². The van der Waals surface area contributed by atoms with Crippen molar-refractivity contribution in [2.45, 2.75) is 44.6 Å². The summed E-state index contributed by atoms with van der Waals surface area (Å²) in [6, 6.07) is 7.66. The van der Waals surface area contributed by atoms with Gasteiger partial charge in [-0.2, -0.15) is 0 Å². The molecule has 1 aliphatic rings. The molecule has 0 amide bonds. The molecule has 1 saturated heterocycles. The Balaban J connectivity index is 2.31. The van der Waals surface area contributed by atoms with E-state index in [0.717, 1.165) is 24.9 Å². The molecule has 0 saturated carbocycles. The van der Waals surface area contributed by atoms with Crippen LogP contribution in [0.4, 0.5) is 0 Å². The van der Waals surface area contributed by atoms with E-state index in [1.165, 1.54) is 21.0 Å². The van der Waals surface area contributed by atoms with Crippen LogP contribution in [0.1, 0.15) is 38.3 Å². The molecule has 7 heteroatoms. The molecule has 1 aliphatic heterocycles. The minimum atomic E-state index is -1.49. The van der Waals surface area contributed by atoms with Crippen LogP contribution in [0.3, 0.4) is 0 Å². The number of carbonyl (C=O) groups excluding carboxylic acids is 1. The van der Waals surface area contributed by atoms with Crippen molar-refractivity contribution in [2.75, 3.05) is 13.7 Å². The van der Waals surface area contributed by atoms with E-state index < -0.39 is 17.9 Å². The number of likely N-dealkylation sites (tertiary alicyclic amines) is 1. The van der Waals surface area contributed by atoms with Crippen molar-refractivity contribution in [2.24, 2.45) is 0 Å². The van der Waals surface area contributed by atoms with Gasteiger partial charge in [0.25, 0.3) is 0 Å². The Morgan fingerprint density at radius 1 is 1.50 bits per heavy atom. The van der Waals surface area contributed by atoms with Crippen LogP contribution in [0.25, 0.3) is 0 Å². The molecule has 0 radical (unpaired) electrons. The first-order valence-electron chi connectivity index (χ1n) is 8.37. The SMILES string of the molecule is C=C(C(=O)OC)[C@@H](OC(C)(C)O)C(=S)N1CCCC1c1cccc(Cl)c1. The van der Waals surface area contributed by atoms with Gasteiger partial charge in [0.1, 0.15) is 11.1 Å². The number of methoxy groups -OCH3 is 1. The number of halogens is 1. The number of carbonyl (C=O) groups is 1. The van der Waals surface area contributed by atoms with Crippen LogP contribution in [0.15, 0.2) is 36.4 Å². The summed E-state index contributed by atoms with van der Waals surface area (Å²) < 4.78 is 10.4. The summed E-state index contributed by atoms with van der Waals surface area (Å²) in [7, 11) is 1.27. The highest BCUT2D eigenvalue weighted by atomic mass is 35.5. The molecule has 0 bridgehead atoms. The maximum atomic E-state index is 12.0. The van der Waals surface area contributed by atoms with Crippen LogP contribution in [-0.2, 0) is 14.3 Å². The van der Waals surface area contributed by atoms with E-state index >= 15 is 0 Å². The van der Waals surface area contributed by atoms with E-state index in [9.17, 15) is 9.90 Å². The van der Waals surface area contributed by atoms with E-state index in [4.69, 9.17) is 33.3 Å². The van der Waals surface area contributed by atoms with Gasteiger partial charge in [0.15, 0.2) is 5.79 Å². The lowest BCUT2D eigenvalue weighted by Gasteiger charge is -2.34. The summed E-state index contributed by atoms with van der Waals surface area (Å²) in [5.74, 6) is -2.11. The summed E-state index contributed by atoms with van der Waals surface area (Å²) in [4.78, 5) is 14.4. The fraction of sp³-hybridized carbons (Fsp3) is 0.474. The van der Waals surface area contributed by atoms with E-state index in [-0.39, 0.29) is 11.6 Å². The Morgan fingerprint density at radius 3 is 2.77 bits per heavy atom. The highest BCUT2D eigenvalue weighted by Gasteiger charge is 2.37. The van der Waals surface area contributed by atoms with Crippen molar-refractivity contribution < 1.29 is 19.4 Å². The first-order chi connectivity index (χ1) is 12.1. The summed E-state index contributed by atoms with van der Waals surface area (Å²) in [5, 5.41) is 10.7. The zero-order valence-electron chi connectivity index (χ0n) is 15.2. The van der Waals surface area contributed by atoms with E-state index in [1.54, 1.807) is 0 Å². The van der Waals surface area contributed by atoms with Crippen molar-refractivity contribution in [1.29, 1.82) is 0 Å². The predicted molar refractivity (Wildman–Crippen MR) is 105 cm³/mol. The molecule has 2 atom stereocenters. The molecule has 0 aromatic heterocycles. The number of aliphatic hydroxyl groups is 1. The van der Waals surface area contributed by atoms with Gasteiger partial charge >= 0.3 is 5.97 Å². The fourth-order valence-electron chi connectivity index (χ4n) is 3.04. The lowest BCUT2D eigenvalue weighted by atomic mass is 10.0. The normalized spacial score (nSPS) is 18.5. The summed E-state index contributed by atoms with van der Waals surface area (Å²) in [5.41, 5.74) is 1.10. The number of nitrogens with zero attached hydrogens (tertiary/aromatic N) is 1. The number of esters is 1. The molecule has 26 heavy (non-hydrogen) atoms.